The highest BCUT2D eigenvalue weighted by atomic mass is 32.2. The molecule has 306 valence electrons. The molecular formula is C61H41N3S. The Hall–Kier alpha value is -7.79. The SMILES string of the molecule is C1=CC2Sc3ccc(N(c4ccccc4)c4ccccc4)c(N(c4ccccc4)c4ccc5c(c4)C4(c6ccccc6-c6ccccc64)c4cccc6c7ccccc7n-5c46)c3C2C=C1. The van der Waals surface area contributed by atoms with E-state index in [2.05, 4.69) is 251 Å². The van der Waals surface area contributed by atoms with E-state index in [-0.39, 0.29) is 5.92 Å². The van der Waals surface area contributed by atoms with Gasteiger partial charge in [-0.25, -0.2) is 0 Å². The maximum Gasteiger partial charge on any atom is 0.0755 e. The largest absolute Gasteiger partial charge is 0.309 e. The summed E-state index contributed by atoms with van der Waals surface area (Å²) in [5, 5.41) is 2.87. The van der Waals surface area contributed by atoms with E-state index in [1.807, 2.05) is 11.8 Å². The number of fused-ring (bicyclic) bond motifs is 15. The van der Waals surface area contributed by atoms with Crippen LogP contribution in [0, 0.1) is 0 Å². The van der Waals surface area contributed by atoms with Gasteiger partial charge in [0, 0.05) is 55.1 Å². The van der Waals surface area contributed by atoms with Crippen LogP contribution in [-0.2, 0) is 5.41 Å². The van der Waals surface area contributed by atoms with E-state index in [4.69, 9.17) is 0 Å². The normalized spacial score (nSPS) is 16.6. The molecule has 2 aliphatic heterocycles. The summed E-state index contributed by atoms with van der Waals surface area (Å²) in [7, 11) is 0. The first-order chi connectivity index (χ1) is 32.3. The lowest BCUT2D eigenvalue weighted by atomic mass is 9.65. The van der Waals surface area contributed by atoms with Gasteiger partial charge in [-0.15, -0.1) is 11.8 Å². The van der Waals surface area contributed by atoms with Crippen LogP contribution in [0.3, 0.4) is 0 Å². The van der Waals surface area contributed by atoms with Crippen LogP contribution in [0.5, 0.6) is 0 Å². The Morgan fingerprint density at radius 1 is 0.446 bits per heavy atom. The van der Waals surface area contributed by atoms with Crippen molar-refractivity contribution < 1.29 is 0 Å². The van der Waals surface area contributed by atoms with E-state index in [0.717, 1.165) is 28.4 Å². The molecule has 4 heteroatoms. The van der Waals surface area contributed by atoms with Gasteiger partial charge in [0.15, 0.2) is 0 Å². The number of hydrogen-bond acceptors (Lipinski definition) is 3. The Kier molecular flexibility index (Phi) is 7.96. The number of rotatable bonds is 6. The summed E-state index contributed by atoms with van der Waals surface area (Å²) in [6.45, 7) is 0. The zero-order valence-corrected chi connectivity index (χ0v) is 36.2. The Morgan fingerprint density at radius 2 is 1.03 bits per heavy atom. The molecule has 3 heterocycles. The van der Waals surface area contributed by atoms with Crippen LogP contribution in [0.2, 0.25) is 0 Å². The number of thioether (sulfide) groups is 1. The van der Waals surface area contributed by atoms with E-state index in [1.54, 1.807) is 0 Å². The van der Waals surface area contributed by atoms with E-state index in [0.29, 0.717) is 5.25 Å². The van der Waals surface area contributed by atoms with Crippen LogP contribution >= 0.6 is 11.8 Å². The van der Waals surface area contributed by atoms with Gasteiger partial charge in [-0.2, -0.15) is 0 Å². The highest BCUT2D eigenvalue weighted by Crippen LogP contribution is 2.63. The van der Waals surface area contributed by atoms with Gasteiger partial charge >= 0.3 is 0 Å². The van der Waals surface area contributed by atoms with Crippen molar-refractivity contribution in [3.63, 3.8) is 0 Å². The topological polar surface area (TPSA) is 11.4 Å². The average molecular weight is 848 g/mol. The zero-order valence-electron chi connectivity index (χ0n) is 35.4. The summed E-state index contributed by atoms with van der Waals surface area (Å²) in [5.74, 6) is 0.193. The Balaban J connectivity index is 1.12. The molecule has 4 aliphatic rings. The average Bonchev–Trinajstić information content (AvgIpc) is 4.02. The molecule has 2 atom stereocenters. The number of hydrogen-bond donors (Lipinski definition) is 0. The van der Waals surface area contributed by atoms with Crippen LogP contribution in [0.4, 0.5) is 34.1 Å². The fourth-order valence-electron chi connectivity index (χ4n) is 11.8. The molecule has 0 saturated heterocycles. The molecule has 0 fully saturated rings. The van der Waals surface area contributed by atoms with Gasteiger partial charge in [-0.05, 0) is 106 Å². The van der Waals surface area contributed by atoms with Gasteiger partial charge in [0.05, 0.1) is 33.5 Å². The monoisotopic (exact) mass is 847 g/mol. The highest BCUT2D eigenvalue weighted by Gasteiger charge is 2.51. The van der Waals surface area contributed by atoms with Crippen molar-refractivity contribution in [1.29, 1.82) is 0 Å². The lowest BCUT2D eigenvalue weighted by Crippen LogP contribution is -2.33. The molecule has 1 aromatic heterocycles. The van der Waals surface area contributed by atoms with Crippen LogP contribution in [0.15, 0.2) is 242 Å². The first-order valence-electron chi connectivity index (χ1n) is 22.6. The second-order valence-corrected chi connectivity index (χ2v) is 18.7. The molecule has 14 rings (SSSR count). The summed E-state index contributed by atoms with van der Waals surface area (Å²) < 4.78 is 2.55. The van der Waals surface area contributed by atoms with E-state index >= 15 is 0 Å². The van der Waals surface area contributed by atoms with Crippen molar-refractivity contribution >= 4 is 67.7 Å². The third-order valence-electron chi connectivity index (χ3n) is 14.3. The molecule has 0 radical (unpaired) electrons. The minimum absolute atomic E-state index is 0.193. The fraction of sp³-hybridized carbons (Fsp3) is 0.0492. The molecule has 0 amide bonds. The predicted octanol–water partition coefficient (Wildman–Crippen LogP) is 16.1. The minimum Gasteiger partial charge on any atom is -0.309 e. The van der Waals surface area contributed by atoms with Gasteiger partial charge < -0.3 is 14.4 Å². The standard InChI is InChI=1S/C61H41N3S/c1-4-19-40(20-5-1)62(41-21-6-2-7-22-41)55-37-38-57-58(48-28-13-17-34-56(48)65-57)60(55)63(42-23-8-3-9-24-42)43-35-36-54-52(39-43)61(49-30-14-10-25-44(49)45-26-11-15-31-50(45)61)51-32-18-29-47-46-27-12-16-33-53(46)64(54)59(47)51/h1-39,48,56H. The molecule has 1 spiro atoms. The summed E-state index contributed by atoms with van der Waals surface area (Å²) in [6, 6.07) is 79.1. The number of para-hydroxylation sites is 5. The molecule has 2 aliphatic carbocycles. The van der Waals surface area contributed by atoms with Crippen LogP contribution in [0.25, 0.3) is 38.6 Å². The van der Waals surface area contributed by atoms with Crippen LogP contribution in [0.1, 0.15) is 33.7 Å². The van der Waals surface area contributed by atoms with Gasteiger partial charge in [-0.1, -0.05) is 164 Å². The summed E-state index contributed by atoms with van der Waals surface area (Å²) in [5.41, 5.74) is 19.1. The molecule has 2 unspecified atom stereocenters. The second kappa shape index (κ2) is 14.1. The lowest BCUT2D eigenvalue weighted by Gasteiger charge is -2.41. The third kappa shape index (κ3) is 5.09. The van der Waals surface area contributed by atoms with Gasteiger partial charge in [0.1, 0.15) is 0 Å². The molecule has 0 N–H and O–H groups in total. The summed E-state index contributed by atoms with van der Waals surface area (Å²) in [4.78, 5) is 6.35. The summed E-state index contributed by atoms with van der Waals surface area (Å²) in [6.07, 6.45) is 9.26. The van der Waals surface area contributed by atoms with Gasteiger partial charge in [0.2, 0.25) is 0 Å². The van der Waals surface area contributed by atoms with Crippen molar-refractivity contribution in [2.45, 2.75) is 21.5 Å². The van der Waals surface area contributed by atoms with Crippen molar-refractivity contribution in [3.8, 4) is 16.8 Å². The molecule has 10 aromatic rings. The molecule has 65 heavy (non-hydrogen) atoms. The second-order valence-electron chi connectivity index (χ2n) is 17.5. The van der Waals surface area contributed by atoms with Crippen molar-refractivity contribution in [1.82, 2.24) is 4.57 Å². The van der Waals surface area contributed by atoms with E-state index in [1.165, 1.54) is 77.0 Å². The number of nitrogens with zero attached hydrogens (tertiary/aromatic N) is 3. The van der Waals surface area contributed by atoms with Crippen molar-refractivity contribution in [2.24, 2.45) is 0 Å². The number of aromatic nitrogens is 1. The third-order valence-corrected chi connectivity index (χ3v) is 15.6. The Bertz CT molecular complexity index is 3520. The predicted molar refractivity (Wildman–Crippen MR) is 272 cm³/mol. The van der Waals surface area contributed by atoms with Crippen LogP contribution < -0.4 is 9.80 Å². The van der Waals surface area contributed by atoms with Crippen molar-refractivity contribution in [2.75, 3.05) is 9.80 Å². The Labute approximate surface area is 382 Å². The minimum atomic E-state index is -0.579. The molecule has 3 nitrogen and oxygen atoms in total. The first kappa shape index (κ1) is 36.7. The molecular weight excluding hydrogens is 807 g/mol. The fourth-order valence-corrected chi connectivity index (χ4v) is 13.1. The maximum atomic E-state index is 2.58. The maximum absolute atomic E-state index is 2.58. The molecule has 0 saturated carbocycles. The lowest BCUT2D eigenvalue weighted by molar-refractivity contribution is 0.748. The smallest absolute Gasteiger partial charge is 0.0755 e. The van der Waals surface area contributed by atoms with E-state index < -0.39 is 5.41 Å². The first-order valence-corrected chi connectivity index (χ1v) is 23.5. The van der Waals surface area contributed by atoms with E-state index in [9.17, 15) is 0 Å². The molecule has 9 aromatic carbocycles. The Morgan fingerprint density at radius 3 is 1.74 bits per heavy atom. The zero-order chi connectivity index (χ0) is 42.6. The van der Waals surface area contributed by atoms with Gasteiger partial charge in [0.25, 0.3) is 0 Å². The number of benzene rings is 9. The van der Waals surface area contributed by atoms with Crippen LogP contribution in [-0.4, -0.2) is 9.82 Å². The number of anilines is 6. The quantitative estimate of drug-likeness (QED) is 0.165. The molecule has 0 bridgehead atoms. The number of allylic oxidation sites excluding steroid dienone is 3. The van der Waals surface area contributed by atoms with Crippen molar-refractivity contribution in [3.05, 3.63) is 264 Å². The highest BCUT2D eigenvalue weighted by molar-refractivity contribution is 8.00. The summed E-state index contributed by atoms with van der Waals surface area (Å²) >= 11 is 1.98. The van der Waals surface area contributed by atoms with Gasteiger partial charge in [-0.3, -0.25) is 0 Å².